The highest BCUT2D eigenvalue weighted by atomic mass is 127. The van der Waals surface area contributed by atoms with E-state index in [-0.39, 0.29) is 17.2 Å². The van der Waals surface area contributed by atoms with Gasteiger partial charge in [0, 0.05) is 25.5 Å². The minimum absolute atomic E-state index is 0.0550. The van der Waals surface area contributed by atoms with Gasteiger partial charge in [-0.25, -0.2) is 4.79 Å². The van der Waals surface area contributed by atoms with E-state index in [0.717, 1.165) is 19.8 Å². The van der Waals surface area contributed by atoms with Gasteiger partial charge in [-0.1, -0.05) is 18.2 Å². The van der Waals surface area contributed by atoms with Crippen molar-refractivity contribution < 1.29 is 9.59 Å². The van der Waals surface area contributed by atoms with Crippen molar-refractivity contribution in [2.24, 2.45) is 0 Å². The lowest BCUT2D eigenvalue weighted by Gasteiger charge is -2.13. The number of carbonyl (C=O) groups is 2. The minimum atomic E-state index is -0.304. The molecule has 0 heterocycles. The molecule has 0 fully saturated rings. The van der Waals surface area contributed by atoms with Gasteiger partial charge in [0.15, 0.2) is 0 Å². The fourth-order valence-corrected chi connectivity index (χ4v) is 3.69. The van der Waals surface area contributed by atoms with Crippen molar-refractivity contribution in [2.45, 2.75) is 17.1 Å². The van der Waals surface area contributed by atoms with E-state index in [2.05, 4.69) is 38.5 Å². The number of halogens is 1. The summed E-state index contributed by atoms with van der Waals surface area (Å²) >= 11 is 3.69. The maximum Gasteiger partial charge on any atom is 0.323 e. The van der Waals surface area contributed by atoms with Gasteiger partial charge in [-0.3, -0.25) is 4.79 Å². The summed E-state index contributed by atoms with van der Waals surface area (Å²) in [4.78, 5) is 25.4. The van der Waals surface area contributed by atoms with Gasteiger partial charge in [-0.05, 0) is 90.2 Å². The molecule has 3 amide bonds. The number of para-hydroxylation sites is 1. The fraction of sp³-hybridized carbons (Fsp3) is 0.0909. The van der Waals surface area contributed by atoms with Crippen LogP contribution >= 0.6 is 34.4 Å². The van der Waals surface area contributed by atoms with E-state index in [4.69, 9.17) is 0 Å². The van der Waals surface area contributed by atoms with E-state index in [0.29, 0.717) is 5.69 Å². The summed E-state index contributed by atoms with van der Waals surface area (Å²) < 4.78 is 1.12. The summed E-state index contributed by atoms with van der Waals surface area (Å²) in [6, 6.07) is 24.0. The number of thioether (sulfide) groups is 1. The largest absolute Gasteiger partial charge is 0.325 e. The van der Waals surface area contributed by atoms with Crippen LogP contribution in [0.15, 0.2) is 83.8 Å². The standard InChI is InChI=1S/C22H20IN3O2S/c1-15(21(27)24-18-9-7-16(23)8-10-18)29-20-13-11-19(12-14-20)26-22(28)25-17-5-3-2-4-6-17/h2-15H,1H3,(H,24,27)(H2,25,26,28). The zero-order valence-corrected chi connectivity index (χ0v) is 18.7. The number of amides is 3. The van der Waals surface area contributed by atoms with Crippen LogP contribution in [0.25, 0.3) is 0 Å². The maximum absolute atomic E-state index is 12.4. The van der Waals surface area contributed by atoms with Crippen molar-refractivity contribution in [1.29, 1.82) is 0 Å². The van der Waals surface area contributed by atoms with Crippen LogP contribution in [0, 0.1) is 3.57 Å². The third-order valence-electron chi connectivity index (χ3n) is 3.94. The third-order valence-corrected chi connectivity index (χ3v) is 5.77. The van der Waals surface area contributed by atoms with E-state index in [9.17, 15) is 9.59 Å². The molecule has 0 aliphatic heterocycles. The van der Waals surface area contributed by atoms with Crippen LogP contribution in [0.1, 0.15) is 6.92 Å². The second kappa shape index (κ2) is 10.3. The van der Waals surface area contributed by atoms with Gasteiger partial charge in [0.2, 0.25) is 5.91 Å². The Bertz CT molecular complexity index is 964. The third kappa shape index (κ3) is 6.79. The van der Waals surface area contributed by atoms with Gasteiger partial charge < -0.3 is 16.0 Å². The number of hydrogen-bond acceptors (Lipinski definition) is 3. The molecule has 1 unspecified atom stereocenters. The summed E-state index contributed by atoms with van der Waals surface area (Å²) in [7, 11) is 0. The smallest absolute Gasteiger partial charge is 0.323 e. The molecule has 0 bridgehead atoms. The first-order chi connectivity index (χ1) is 14.0. The molecule has 148 valence electrons. The number of benzene rings is 3. The molecule has 7 heteroatoms. The molecular formula is C22H20IN3O2S. The average Bonchev–Trinajstić information content (AvgIpc) is 2.72. The first-order valence-corrected chi connectivity index (χ1v) is 10.9. The quantitative estimate of drug-likeness (QED) is 0.275. The van der Waals surface area contributed by atoms with Crippen LogP contribution < -0.4 is 16.0 Å². The predicted octanol–water partition coefficient (Wildman–Crippen LogP) is 6.05. The molecule has 0 saturated heterocycles. The highest BCUT2D eigenvalue weighted by Gasteiger charge is 2.14. The Hall–Kier alpha value is -2.52. The van der Waals surface area contributed by atoms with Crippen molar-refractivity contribution >= 4 is 63.4 Å². The highest BCUT2D eigenvalue weighted by Crippen LogP contribution is 2.26. The zero-order chi connectivity index (χ0) is 20.6. The topological polar surface area (TPSA) is 70.2 Å². The van der Waals surface area contributed by atoms with Crippen molar-refractivity contribution in [3.63, 3.8) is 0 Å². The van der Waals surface area contributed by atoms with E-state index in [1.807, 2.05) is 85.8 Å². The normalized spacial score (nSPS) is 11.4. The van der Waals surface area contributed by atoms with Gasteiger partial charge in [0.1, 0.15) is 0 Å². The van der Waals surface area contributed by atoms with Gasteiger partial charge in [0.05, 0.1) is 5.25 Å². The SMILES string of the molecule is CC(Sc1ccc(NC(=O)Nc2ccccc2)cc1)C(=O)Nc1ccc(I)cc1. The lowest BCUT2D eigenvalue weighted by Crippen LogP contribution is -2.22. The first kappa shape index (κ1) is 21.2. The van der Waals surface area contributed by atoms with Gasteiger partial charge in [-0.15, -0.1) is 11.8 Å². The number of carbonyl (C=O) groups excluding carboxylic acids is 2. The summed E-state index contributed by atoms with van der Waals surface area (Å²) in [5.41, 5.74) is 2.19. The molecule has 5 nitrogen and oxygen atoms in total. The Labute approximate surface area is 187 Å². The Balaban J connectivity index is 1.50. The molecular weight excluding hydrogens is 497 g/mol. The second-order valence-corrected chi connectivity index (χ2v) is 8.89. The molecule has 3 aromatic rings. The molecule has 0 aromatic heterocycles. The molecule has 0 aliphatic carbocycles. The highest BCUT2D eigenvalue weighted by molar-refractivity contribution is 14.1. The van der Waals surface area contributed by atoms with Crippen LogP contribution in [0.3, 0.4) is 0 Å². The van der Waals surface area contributed by atoms with Crippen molar-refractivity contribution in [3.05, 3.63) is 82.4 Å². The first-order valence-electron chi connectivity index (χ1n) is 8.96. The van der Waals surface area contributed by atoms with E-state index in [1.54, 1.807) is 0 Å². The van der Waals surface area contributed by atoms with E-state index >= 15 is 0 Å². The van der Waals surface area contributed by atoms with Crippen molar-refractivity contribution in [1.82, 2.24) is 0 Å². The molecule has 29 heavy (non-hydrogen) atoms. The number of urea groups is 1. The van der Waals surface area contributed by atoms with Crippen LogP contribution in [0.4, 0.5) is 21.9 Å². The van der Waals surface area contributed by atoms with Crippen molar-refractivity contribution in [3.8, 4) is 0 Å². The molecule has 3 N–H and O–H groups in total. The average molecular weight is 517 g/mol. The minimum Gasteiger partial charge on any atom is -0.325 e. The number of rotatable bonds is 6. The summed E-state index contributed by atoms with van der Waals surface area (Å²) in [6.45, 7) is 1.87. The maximum atomic E-state index is 12.4. The molecule has 3 aromatic carbocycles. The lowest BCUT2D eigenvalue weighted by atomic mass is 10.3. The number of hydrogen-bond donors (Lipinski definition) is 3. The Kier molecular flexibility index (Phi) is 7.54. The van der Waals surface area contributed by atoms with Crippen LogP contribution in [0.2, 0.25) is 0 Å². The molecule has 0 aliphatic rings. The van der Waals surface area contributed by atoms with Crippen LogP contribution in [-0.2, 0) is 4.79 Å². The second-order valence-electron chi connectivity index (χ2n) is 6.23. The van der Waals surface area contributed by atoms with E-state index < -0.39 is 0 Å². The van der Waals surface area contributed by atoms with E-state index in [1.165, 1.54) is 11.8 Å². The summed E-state index contributed by atoms with van der Waals surface area (Å²) in [5, 5.41) is 8.23. The molecule has 0 saturated carbocycles. The Morgan fingerprint density at radius 1 is 0.759 bits per heavy atom. The zero-order valence-electron chi connectivity index (χ0n) is 15.7. The van der Waals surface area contributed by atoms with Gasteiger partial charge in [0.25, 0.3) is 0 Å². The fourth-order valence-electron chi connectivity index (χ4n) is 2.47. The Morgan fingerprint density at radius 2 is 1.28 bits per heavy atom. The van der Waals surface area contributed by atoms with Crippen LogP contribution in [0.5, 0.6) is 0 Å². The van der Waals surface area contributed by atoms with Gasteiger partial charge >= 0.3 is 6.03 Å². The predicted molar refractivity (Wildman–Crippen MR) is 129 cm³/mol. The molecule has 0 radical (unpaired) electrons. The van der Waals surface area contributed by atoms with Crippen LogP contribution in [-0.4, -0.2) is 17.2 Å². The lowest BCUT2D eigenvalue weighted by molar-refractivity contribution is -0.115. The summed E-state index contributed by atoms with van der Waals surface area (Å²) in [6.07, 6.45) is 0. The van der Waals surface area contributed by atoms with Gasteiger partial charge in [-0.2, -0.15) is 0 Å². The molecule has 0 spiro atoms. The number of anilines is 3. The number of nitrogens with one attached hydrogen (secondary N) is 3. The molecule has 3 rings (SSSR count). The summed E-state index contributed by atoms with van der Waals surface area (Å²) in [5.74, 6) is -0.0550. The molecule has 1 atom stereocenters. The van der Waals surface area contributed by atoms with Crippen molar-refractivity contribution in [2.75, 3.05) is 16.0 Å². The Morgan fingerprint density at radius 3 is 1.90 bits per heavy atom. The monoisotopic (exact) mass is 517 g/mol.